The zero-order chi connectivity index (χ0) is 19.0. The van der Waals surface area contributed by atoms with E-state index in [0.29, 0.717) is 19.4 Å². The lowest BCUT2D eigenvalue weighted by Crippen LogP contribution is -2.44. The Bertz CT molecular complexity index is 919. The molecule has 1 aliphatic carbocycles. The molecule has 2 aromatic heterocycles. The van der Waals surface area contributed by atoms with Crippen LogP contribution in [0.4, 0.5) is 4.79 Å². The summed E-state index contributed by atoms with van der Waals surface area (Å²) in [6.45, 7) is 0.387. The number of imide groups is 1. The number of aromatic nitrogens is 2. The molecule has 9 heteroatoms. The van der Waals surface area contributed by atoms with Gasteiger partial charge in [0.1, 0.15) is 11.2 Å². The third-order valence-corrected chi connectivity index (χ3v) is 5.67. The first-order chi connectivity index (χ1) is 13.0. The summed E-state index contributed by atoms with van der Waals surface area (Å²) in [7, 11) is 0. The maximum Gasteiger partial charge on any atom is 0.325 e. The summed E-state index contributed by atoms with van der Waals surface area (Å²) < 4.78 is 2.82. The first kappa shape index (κ1) is 18.0. The highest BCUT2D eigenvalue weighted by Gasteiger charge is 2.52. The second kappa shape index (κ2) is 6.95. The summed E-state index contributed by atoms with van der Waals surface area (Å²) in [5, 5.41) is 5.61. The molecule has 1 aliphatic heterocycles. The standard InChI is InChI=1S/C18H20BrN5O3/c19-12-3-4-14-21-13(11-23(14)10-12)9-20-15(25)5-8-24-16(26)18(22-17(24)27)6-1-2-7-18/h3-4,10-11H,1-2,5-9H2,(H,20,25)(H,22,27). The lowest BCUT2D eigenvalue weighted by Gasteiger charge is -2.19. The molecule has 142 valence electrons. The van der Waals surface area contributed by atoms with Gasteiger partial charge < -0.3 is 15.0 Å². The van der Waals surface area contributed by atoms with Crippen LogP contribution in [0.3, 0.4) is 0 Å². The van der Waals surface area contributed by atoms with Crippen LogP contribution in [0.25, 0.3) is 5.65 Å². The van der Waals surface area contributed by atoms with Crippen molar-refractivity contribution in [2.75, 3.05) is 6.54 Å². The number of rotatable bonds is 5. The first-order valence-corrected chi connectivity index (χ1v) is 9.80. The van der Waals surface area contributed by atoms with E-state index in [9.17, 15) is 14.4 Å². The first-order valence-electron chi connectivity index (χ1n) is 9.01. The molecule has 2 aromatic rings. The van der Waals surface area contributed by atoms with Crippen molar-refractivity contribution in [3.63, 3.8) is 0 Å². The Morgan fingerprint density at radius 2 is 2.04 bits per heavy atom. The molecule has 0 atom stereocenters. The number of amides is 4. The van der Waals surface area contributed by atoms with E-state index in [-0.39, 0.29) is 30.8 Å². The van der Waals surface area contributed by atoms with Crippen LogP contribution in [0.2, 0.25) is 0 Å². The highest BCUT2D eigenvalue weighted by molar-refractivity contribution is 9.10. The van der Waals surface area contributed by atoms with Crippen molar-refractivity contribution in [3.05, 3.63) is 34.7 Å². The van der Waals surface area contributed by atoms with E-state index in [1.807, 2.05) is 28.9 Å². The van der Waals surface area contributed by atoms with Gasteiger partial charge in [-0.25, -0.2) is 9.78 Å². The number of carbonyl (C=O) groups excluding carboxylic acids is 3. The van der Waals surface area contributed by atoms with E-state index in [2.05, 4.69) is 31.5 Å². The average molecular weight is 434 g/mol. The van der Waals surface area contributed by atoms with Crippen LogP contribution in [-0.2, 0) is 16.1 Å². The number of urea groups is 1. The maximum absolute atomic E-state index is 12.6. The van der Waals surface area contributed by atoms with Gasteiger partial charge in [-0.05, 0) is 40.9 Å². The van der Waals surface area contributed by atoms with Gasteiger partial charge in [0.05, 0.1) is 12.2 Å². The number of nitrogens with one attached hydrogen (secondary N) is 2. The highest BCUT2D eigenvalue weighted by Crippen LogP contribution is 2.34. The molecule has 4 rings (SSSR count). The minimum atomic E-state index is -0.724. The molecule has 27 heavy (non-hydrogen) atoms. The Kier molecular flexibility index (Phi) is 4.63. The average Bonchev–Trinajstić information content (AvgIpc) is 3.31. The van der Waals surface area contributed by atoms with Crippen molar-refractivity contribution in [2.45, 2.75) is 44.2 Å². The largest absolute Gasteiger partial charge is 0.350 e. The molecule has 1 saturated carbocycles. The fraction of sp³-hybridized carbons (Fsp3) is 0.444. The molecule has 2 fully saturated rings. The highest BCUT2D eigenvalue weighted by atomic mass is 79.9. The van der Waals surface area contributed by atoms with E-state index in [1.54, 1.807) is 0 Å². The molecule has 2 N–H and O–H groups in total. The number of pyridine rings is 1. The van der Waals surface area contributed by atoms with Gasteiger partial charge in [-0.3, -0.25) is 14.5 Å². The monoisotopic (exact) mass is 433 g/mol. The predicted octanol–water partition coefficient (Wildman–Crippen LogP) is 1.97. The van der Waals surface area contributed by atoms with E-state index in [1.165, 1.54) is 4.90 Å². The summed E-state index contributed by atoms with van der Waals surface area (Å²) in [5.74, 6) is -0.412. The van der Waals surface area contributed by atoms with E-state index in [4.69, 9.17) is 0 Å². The van der Waals surface area contributed by atoms with Crippen molar-refractivity contribution in [1.82, 2.24) is 24.9 Å². The van der Waals surface area contributed by atoms with Crippen molar-refractivity contribution in [1.29, 1.82) is 0 Å². The van der Waals surface area contributed by atoms with Gasteiger partial charge in [-0.15, -0.1) is 0 Å². The number of fused-ring (bicyclic) bond motifs is 1. The lowest BCUT2D eigenvalue weighted by molar-refractivity contribution is -0.131. The van der Waals surface area contributed by atoms with Crippen LogP contribution >= 0.6 is 15.9 Å². The number of nitrogens with zero attached hydrogens (tertiary/aromatic N) is 3. The van der Waals surface area contributed by atoms with Crippen LogP contribution in [0, 0.1) is 0 Å². The summed E-state index contributed by atoms with van der Waals surface area (Å²) in [6, 6.07) is 3.40. The Morgan fingerprint density at radius 1 is 1.26 bits per heavy atom. The quantitative estimate of drug-likeness (QED) is 0.704. The fourth-order valence-corrected chi connectivity index (χ4v) is 4.14. The summed E-state index contributed by atoms with van der Waals surface area (Å²) in [5.41, 5.74) is 0.809. The Balaban J connectivity index is 1.30. The molecule has 8 nitrogen and oxygen atoms in total. The van der Waals surface area contributed by atoms with E-state index >= 15 is 0 Å². The van der Waals surface area contributed by atoms with Gasteiger partial charge in [-0.1, -0.05) is 12.8 Å². The zero-order valence-electron chi connectivity index (χ0n) is 14.7. The van der Waals surface area contributed by atoms with Gasteiger partial charge in [0.15, 0.2) is 0 Å². The molecular weight excluding hydrogens is 414 g/mol. The molecule has 1 spiro atoms. The van der Waals surface area contributed by atoms with Crippen LogP contribution in [-0.4, -0.2) is 44.2 Å². The van der Waals surface area contributed by atoms with E-state index in [0.717, 1.165) is 28.7 Å². The summed E-state index contributed by atoms with van der Waals surface area (Å²) in [4.78, 5) is 42.4. The van der Waals surface area contributed by atoms with Gasteiger partial charge in [0, 0.05) is 29.8 Å². The van der Waals surface area contributed by atoms with Crippen molar-refractivity contribution < 1.29 is 14.4 Å². The molecule has 0 aromatic carbocycles. The van der Waals surface area contributed by atoms with Gasteiger partial charge in [0.25, 0.3) is 5.91 Å². The second-order valence-corrected chi connectivity index (χ2v) is 7.96. The van der Waals surface area contributed by atoms with Crippen LogP contribution in [0.5, 0.6) is 0 Å². The van der Waals surface area contributed by atoms with Gasteiger partial charge in [0.2, 0.25) is 5.91 Å². The van der Waals surface area contributed by atoms with Crippen LogP contribution < -0.4 is 10.6 Å². The fourth-order valence-electron chi connectivity index (χ4n) is 3.79. The topological polar surface area (TPSA) is 95.8 Å². The molecule has 0 radical (unpaired) electrons. The molecule has 1 saturated heterocycles. The molecule has 2 aliphatic rings. The maximum atomic E-state index is 12.6. The van der Waals surface area contributed by atoms with E-state index < -0.39 is 5.54 Å². The minimum Gasteiger partial charge on any atom is -0.350 e. The third-order valence-electron chi connectivity index (χ3n) is 5.20. The summed E-state index contributed by atoms with van der Waals surface area (Å²) in [6.07, 6.45) is 7.07. The normalized spacial score (nSPS) is 18.5. The van der Waals surface area contributed by atoms with Crippen molar-refractivity contribution >= 4 is 39.4 Å². The smallest absolute Gasteiger partial charge is 0.325 e. The lowest BCUT2D eigenvalue weighted by atomic mass is 9.98. The number of hydrogen-bond donors (Lipinski definition) is 2. The number of imidazole rings is 1. The van der Waals surface area contributed by atoms with Crippen molar-refractivity contribution in [2.24, 2.45) is 0 Å². The molecule has 4 amide bonds. The molecular formula is C18H20BrN5O3. The Labute approximate surface area is 164 Å². The molecule has 3 heterocycles. The molecule has 0 unspecified atom stereocenters. The number of hydrogen-bond acceptors (Lipinski definition) is 4. The van der Waals surface area contributed by atoms with Gasteiger partial charge >= 0.3 is 6.03 Å². The van der Waals surface area contributed by atoms with Crippen LogP contribution in [0.15, 0.2) is 29.0 Å². The molecule has 0 bridgehead atoms. The second-order valence-electron chi connectivity index (χ2n) is 7.05. The predicted molar refractivity (Wildman–Crippen MR) is 101 cm³/mol. The number of halogens is 1. The van der Waals surface area contributed by atoms with Crippen LogP contribution in [0.1, 0.15) is 37.8 Å². The third kappa shape index (κ3) is 3.43. The Hall–Kier alpha value is -2.42. The summed E-state index contributed by atoms with van der Waals surface area (Å²) >= 11 is 3.41. The number of carbonyl (C=O) groups is 3. The van der Waals surface area contributed by atoms with Crippen molar-refractivity contribution in [3.8, 4) is 0 Å². The Morgan fingerprint density at radius 3 is 2.81 bits per heavy atom. The minimum absolute atomic E-state index is 0.0775. The zero-order valence-corrected chi connectivity index (χ0v) is 16.3. The SMILES string of the molecule is O=C(CCN1C(=O)NC2(CCCC2)C1=O)NCc1cn2cc(Br)ccc2n1. The van der Waals surface area contributed by atoms with Gasteiger partial charge in [-0.2, -0.15) is 0 Å².